The Bertz CT molecular complexity index is 640. The minimum Gasteiger partial charge on any atom is -0.369 e. The molecular weight excluding hydrogens is 272 g/mol. The first-order valence-corrected chi connectivity index (χ1v) is 6.38. The molecule has 21 heavy (non-hydrogen) atoms. The van der Waals surface area contributed by atoms with E-state index in [4.69, 9.17) is 16.9 Å². The number of pyridine rings is 1. The van der Waals surface area contributed by atoms with Gasteiger partial charge in [-0.1, -0.05) is 0 Å². The summed E-state index contributed by atoms with van der Waals surface area (Å²) in [6, 6.07) is 3.10. The van der Waals surface area contributed by atoms with Crippen molar-refractivity contribution in [2.45, 2.75) is 26.3 Å². The van der Waals surface area contributed by atoms with E-state index < -0.39 is 23.3 Å². The molecule has 1 atom stereocenters. The normalized spacial score (nSPS) is 20.6. The van der Waals surface area contributed by atoms with E-state index in [1.807, 2.05) is 0 Å². The number of aromatic nitrogens is 1. The van der Waals surface area contributed by atoms with Crippen molar-refractivity contribution in [1.29, 1.82) is 5.41 Å². The number of amidine groups is 1. The molecule has 0 aromatic carbocycles. The highest BCUT2D eigenvalue weighted by atomic mass is 16.1. The van der Waals surface area contributed by atoms with Gasteiger partial charge in [0.25, 0.3) is 5.91 Å². The molecule has 1 saturated heterocycles. The van der Waals surface area contributed by atoms with Gasteiger partial charge in [-0.3, -0.25) is 20.0 Å². The van der Waals surface area contributed by atoms with Crippen molar-refractivity contribution >= 4 is 23.3 Å². The summed E-state index contributed by atoms with van der Waals surface area (Å²) in [4.78, 5) is 26.8. The molecular formula is C13H18N6O2. The summed E-state index contributed by atoms with van der Waals surface area (Å²) in [6.07, 6.45) is 0. The highest BCUT2D eigenvalue weighted by Gasteiger charge is 2.47. The van der Waals surface area contributed by atoms with Crippen LogP contribution < -0.4 is 21.9 Å². The molecule has 2 rings (SSSR count). The first-order valence-electron chi connectivity index (χ1n) is 6.38. The summed E-state index contributed by atoms with van der Waals surface area (Å²) in [5, 5.41) is 9.63. The van der Waals surface area contributed by atoms with Crippen LogP contribution in [0.5, 0.6) is 0 Å². The maximum absolute atomic E-state index is 11.6. The molecule has 1 fully saturated rings. The van der Waals surface area contributed by atoms with Gasteiger partial charge in [-0.15, -0.1) is 0 Å². The van der Waals surface area contributed by atoms with E-state index in [9.17, 15) is 9.59 Å². The molecule has 0 radical (unpaired) electrons. The lowest BCUT2D eigenvalue weighted by Gasteiger charge is -2.24. The van der Waals surface area contributed by atoms with Crippen molar-refractivity contribution in [3.63, 3.8) is 0 Å². The van der Waals surface area contributed by atoms with Crippen molar-refractivity contribution < 1.29 is 9.59 Å². The molecule has 0 spiro atoms. The molecule has 1 aliphatic rings. The van der Waals surface area contributed by atoms with Crippen LogP contribution in [0.25, 0.3) is 0 Å². The van der Waals surface area contributed by atoms with E-state index in [1.54, 1.807) is 26.8 Å². The Hall–Kier alpha value is -2.48. The molecule has 0 bridgehead atoms. The van der Waals surface area contributed by atoms with Gasteiger partial charge in [-0.05, 0) is 32.9 Å². The van der Waals surface area contributed by atoms with Crippen LogP contribution in [-0.2, 0) is 4.79 Å². The lowest BCUT2D eigenvalue weighted by atomic mass is 9.88. The Morgan fingerprint density at radius 3 is 2.43 bits per heavy atom. The fourth-order valence-corrected chi connectivity index (χ4v) is 2.49. The van der Waals surface area contributed by atoms with Crippen molar-refractivity contribution in [3.8, 4) is 0 Å². The molecule has 1 aromatic heterocycles. The van der Waals surface area contributed by atoms with Gasteiger partial charge in [-0.25, -0.2) is 10.4 Å². The second kappa shape index (κ2) is 4.81. The Morgan fingerprint density at radius 2 is 2.00 bits per heavy atom. The summed E-state index contributed by atoms with van der Waals surface area (Å²) in [5.41, 5.74) is 14.2. The van der Waals surface area contributed by atoms with Gasteiger partial charge in [-0.2, -0.15) is 0 Å². The quantitative estimate of drug-likeness (QED) is 0.604. The van der Waals surface area contributed by atoms with Crippen molar-refractivity contribution in [2.24, 2.45) is 17.4 Å². The van der Waals surface area contributed by atoms with E-state index in [2.05, 4.69) is 10.4 Å². The van der Waals surface area contributed by atoms with Crippen LogP contribution in [-0.4, -0.2) is 28.2 Å². The van der Waals surface area contributed by atoms with Crippen LogP contribution in [0.15, 0.2) is 12.1 Å². The number of carbonyl (C=O) groups excluding carboxylic acids is 2. The summed E-state index contributed by atoms with van der Waals surface area (Å²) in [7, 11) is 0. The lowest BCUT2D eigenvalue weighted by Crippen LogP contribution is -2.46. The summed E-state index contributed by atoms with van der Waals surface area (Å²) in [6.45, 7) is 5.27. The number of hydrogen-bond donors (Lipinski definition) is 4. The third kappa shape index (κ3) is 2.45. The van der Waals surface area contributed by atoms with Crippen molar-refractivity contribution in [2.75, 3.05) is 5.01 Å². The fourth-order valence-electron chi connectivity index (χ4n) is 2.49. The SMILES string of the molecule is Cc1nc(C(N)=O)ccc1N1NC(C)(C)C(C(N)=O)C1=N. The Balaban J connectivity index is 2.42. The number of nitrogens with two attached hydrogens (primary N) is 2. The predicted octanol–water partition coefficient (Wildman–Crippen LogP) is -0.329. The van der Waals surface area contributed by atoms with Crippen LogP contribution in [0.1, 0.15) is 30.0 Å². The first kappa shape index (κ1) is 14.9. The number of rotatable bonds is 3. The Morgan fingerprint density at radius 1 is 1.38 bits per heavy atom. The zero-order valence-corrected chi connectivity index (χ0v) is 12.1. The zero-order valence-electron chi connectivity index (χ0n) is 12.1. The summed E-state index contributed by atoms with van der Waals surface area (Å²) in [5.74, 6) is -1.90. The highest BCUT2D eigenvalue weighted by molar-refractivity contribution is 6.11. The standard InChI is InChI=1S/C13H18N6O2/c1-6-8(5-4-7(17-6)11(15)20)19-10(14)9(12(16)21)13(2,3)18-19/h4-5,9,14,18H,1-3H3,(H2,15,20)(H2,16,21). The minimum atomic E-state index is -0.757. The van der Waals surface area contributed by atoms with Gasteiger partial charge in [0.1, 0.15) is 17.4 Å². The number of primary amides is 2. The minimum absolute atomic E-state index is 0.0456. The second-order valence-corrected chi connectivity index (χ2v) is 5.55. The number of hydrogen-bond acceptors (Lipinski definition) is 5. The predicted molar refractivity (Wildman–Crippen MR) is 77.6 cm³/mol. The molecule has 8 heteroatoms. The third-order valence-electron chi connectivity index (χ3n) is 3.47. The number of aryl methyl sites for hydroxylation is 1. The second-order valence-electron chi connectivity index (χ2n) is 5.55. The van der Waals surface area contributed by atoms with E-state index >= 15 is 0 Å². The molecule has 2 heterocycles. The van der Waals surface area contributed by atoms with Crippen LogP contribution in [0.3, 0.4) is 0 Å². The molecule has 6 N–H and O–H groups in total. The van der Waals surface area contributed by atoms with E-state index in [-0.39, 0.29) is 11.5 Å². The van der Waals surface area contributed by atoms with Crippen LogP contribution in [0, 0.1) is 18.3 Å². The molecule has 0 aliphatic carbocycles. The number of amides is 2. The van der Waals surface area contributed by atoms with E-state index in [0.29, 0.717) is 11.4 Å². The molecule has 1 aliphatic heterocycles. The Kier molecular flexibility index (Phi) is 3.42. The fraction of sp³-hybridized carbons (Fsp3) is 0.385. The number of nitrogens with one attached hydrogen (secondary N) is 2. The maximum Gasteiger partial charge on any atom is 0.267 e. The first-order chi connectivity index (χ1) is 9.65. The van der Waals surface area contributed by atoms with Gasteiger partial charge >= 0.3 is 0 Å². The maximum atomic E-state index is 11.6. The van der Waals surface area contributed by atoms with Gasteiger partial charge in [0.2, 0.25) is 5.91 Å². The van der Waals surface area contributed by atoms with Crippen LogP contribution in [0.4, 0.5) is 5.69 Å². The van der Waals surface area contributed by atoms with Crippen LogP contribution >= 0.6 is 0 Å². The van der Waals surface area contributed by atoms with Gasteiger partial charge in [0.05, 0.1) is 16.9 Å². The molecule has 2 amide bonds. The summed E-state index contributed by atoms with van der Waals surface area (Å²) < 4.78 is 0. The van der Waals surface area contributed by atoms with E-state index in [1.165, 1.54) is 11.1 Å². The number of hydrazine groups is 1. The topological polar surface area (TPSA) is 138 Å². The van der Waals surface area contributed by atoms with E-state index in [0.717, 1.165) is 0 Å². The molecule has 1 aromatic rings. The van der Waals surface area contributed by atoms with Crippen LogP contribution in [0.2, 0.25) is 0 Å². The number of carbonyl (C=O) groups is 2. The average molecular weight is 290 g/mol. The van der Waals surface area contributed by atoms with Gasteiger partial charge < -0.3 is 11.5 Å². The smallest absolute Gasteiger partial charge is 0.267 e. The van der Waals surface area contributed by atoms with Gasteiger partial charge in [0.15, 0.2) is 0 Å². The highest BCUT2D eigenvalue weighted by Crippen LogP contribution is 2.31. The number of nitrogens with zero attached hydrogens (tertiary/aromatic N) is 2. The average Bonchev–Trinajstić information content (AvgIpc) is 2.58. The largest absolute Gasteiger partial charge is 0.369 e. The molecule has 1 unspecified atom stereocenters. The molecule has 112 valence electrons. The lowest BCUT2D eigenvalue weighted by molar-refractivity contribution is -0.121. The summed E-state index contributed by atoms with van der Waals surface area (Å²) >= 11 is 0. The monoisotopic (exact) mass is 290 g/mol. The molecule has 0 saturated carbocycles. The Labute approximate surface area is 122 Å². The third-order valence-corrected chi connectivity index (χ3v) is 3.47. The number of anilines is 1. The molecule has 8 nitrogen and oxygen atoms in total. The van der Waals surface area contributed by atoms with Gasteiger partial charge in [0, 0.05) is 0 Å². The zero-order chi connectivity index (χ0) is 15.9. The van der Waals surface area contributed by atoms with Crippen molar-refractivity contribution in [1.82, 2.24) is 10.4 Å². The van der Waals surface area contributed by atoms with Crippen molar-refractivity contribution in [3.05, 3.63) is 23.5 Å².